The third-order valence-corrected chi connectivity index (χ3v) is 5.13. The van der Waals surface area contributed by atoms with Gasteiger partial charge in [0.1, 0.15) is 0 Å². The Balaban J connectivity index is 1.38. The van der Waals surface area contributed by atoms with Gasteiger partial charge in [0.15, 0.2) is 0 Å². The highest BCUT2D eigenvalue weighted by Crippen LogP contribution is 2.31. The van der Waals surface area contributed by atoms with Crippen LogP contribution in [0.1, 0.15) is 6.42 Å². The normalized spacial score (nSPS) is 16.2. The van der Waals surface area contributed by atoms with Crippen molar-refractivity contribution in [2.24, 2.45) is 16.1 Å². The maximum atomic E-state index is 12.7. The van der Waals surface area contributed by atoms with Crippen molar-refractivity contribution in [1.82, 2.24) is 0 Å². The Morgan fingerprint density at radius 2 is 1.53 bits per heavy atom. The van der Waals surface area contributed by atoms with E-state index in [2.05, 4.69) is 15.5 Å². The molecule has 0 bridgehead atoms. The molecule has 0 radical (unpaired) electrons. The number of rotatable bonds is 5. The van der Waals surface area contributed by atoms with Gasteiger partial charge >= 0.3 is 0 Å². The van der Waals surface area contributed by atoms with Crippen LogP contribution in [0.4, 0.5) is 22.7 Å². The SMILES string of the molecule is O=C(Nc1ccc(N=Nc2ccccc2)cc1)[C@H]1CC(=O)N(c2ccccc2Cl)C1. The Hall–Kier alpha value is -3.51. The van der Waals surface area contributed by atoms with Crippen LogP contribution < -0.4 is 10.2 Å². The summed E-state index contributed by atoms with van der Waals surface area (Å²) in [7, 11) is 0. The third-order valence-electron chi connectivity index (χ3n) is 4.81. The Kier molecular flexibility index (Phi) is 5.86. The van der Waals surface area contributed by atoms with Gasteiger partial charge in [0.05, 0.1) is 28.0 Å². The van der Waals surface area contributed by atoms with E-state index in [0.717, 1.165) is 5.69 Å². The van der Waals surface area contributed by atoms with Crippen molar-refractivity contribution in [1.29, 1.82) is 0 Å². The van der Waals surface area contributed by atoms with Crippen LogP contribution in [0.2, 0.25) is 5.02 Å². The Morgan fingerprint density at radius 3 is 2.23 bits per heavy atom. The minimum absolute atomic E-state index is 0.111. The number of para-hydroxylation sites is 1. The molecule has 2 amide bonds. The fourth-order valence-corrected chi connectivity index (χ4v) is 3.49. The highest BCUT2D eigenvalue weighted by atomic mass is 35.5. The molecule has 3 aromatic carbocycles. The first-order valence-electron chi connectivity index (χ1n) is 9.53. The summed E-state index contributed by atoms with van der Waals surface area (Å²) >= 11 is 6.20. The summed E-state index contributed by atoms with van der Waals surface area (Å²) in [5.41, 5.74) is 2.72. The van der Waals surface area contributed by atoms with E-state index in [1.165, 1.54) is 0 Å². The highest BCUT2D eigenvalue weighted by Gasteiger charge is 2.35. The first-order valence-corrected chi connectivity index (χ1v) is 9.90. The summed E-state index contributed by atoms with van der Waals surface area (Å²) in [6.45, 7) is 0.303. The van der Waals surface area contributed by atoms with Gasteiger partial charge in [-0.15, -0.1) is 0 Å². The number of azo groups is 1. The molecule has 0 saturated carbocycles. The summed E-state index contributed by atoms with van der Waals surface area (Å²) in [6.07, 6.45) is 0.153. The maximum Gasteiger partial charge on any atom is 0.229 e. The van der Waals surface area contributed by atoms with Gasteiger partial charge in [-0.05, 0) is 48.5 Å². The summed E-state index contributed by atoms with van der Waals surface area (Å²) < 4.78 is 0. The molecule has 1 fully saturated rings. The van der Waals surface area contributed by atoms with Gasteiger partial charge in [-0.3, -0.25) is 9.59 Å². The molecule has 0 aromatic heterocycles. The zero-order chi connectivity index (χ0) is 20.9. The molecule has 1 heterocycles. The van der Waals surface area contributed by atoms with Gasteiger partial charge in [0.2, 0.25) is 11.8 Å². The lowest BCUT2D eigenvalue weighted by molar-refractivity contribution is -0.122. The second kappa shape index (κ2) is 8.88. The molecular weight excluding hydrogens is 400 g/mol. The first-order chi connectivity index (χ1) is 14.6. The standard InChI is InChI=1S/C23H19ClN4O2/c24-20-8-4-5-9-21(20)28-15-16(14-22(28)29)23(30)25-17-10-12-19(13-11-17)27-26-18-6-2-1-3-7-18/h1-13,16H,14-15H2,(H,25,30)/t16-/m0/s1. The fourth-order valence-electron chi connectivity index (χ4n) is 3.25. The van der Waals surface area contributed by atoms with Crippen LogP contribution in [0, 0.1) is 5.92 Å². The Labute approximate surface area is 179 Å². The molecular formula is C23H19ClN4O2. The largest absolute Gasteiger partial charge is 0.326 e. The average Bonchev–Trinajstić information content (AvgIpc) is 3.16. The van der Waals surface area contributed by atoms with Crippen molar-refractivity contribution in [2.45, 2.75) is 6.42 Å². The number of hydrogen-bond acceptors (Lipinski definition) is 4. The van der Waals surface area contributed by atoms with E-state index in [0.29, 0.717) is 28.6 Å². The summed E-state index contributed by atoms with van der Waals surface area (Å²) in [4.78, 5) is 26.6. The van der Waals surface area contributed by atoms with Crippen LogP contribution >= 0.6 is 11.6 Å². The number of halogens is 1. The lowest BCUT2D eigenvalue weighted by Gasteiger charge is -2.18. The van der Waals surface area contributed by atoms with Crippen molar-refractivity contribution in [2.75, 3.05) is 16.8 Å². The number of benzene rings is 3. The maximum absolute atomic E-state index is 12.7. The van der Waals surface area contributed by atoms with Crippen LogP contribution in [0.15, 0.2) is 89.1 Å². The molecule has 1 N–H and O–H groups in total. The van der Waals surface area contributed by atoms with E-state index in [9.17, 15) is 9.59 Å². The minimum atomic E-state index is -0.439. The van der Waals surface area contributed by atoms with E-state index in [-0.39, 0.29) is 18.2 Å². The van der Waals surface area contributed by atoms with Crippen LogP contribution in [-0.4, -0.2) is 18.4 Å². The first kappa shape index (κ1) is 19.8. The van der Waals surface area contributed by atoms with Crippen molar-refractivity contribution in [3.8, 4) is 0 Å². The van der Waals surface area contributed by atoms with Crippen LogP contribution in [0.25, 0.3) is 0 Å². The smallest absolute Gasteiger partial charge is 0.229 e. The number of nitrogens with one attached hydrogen (secondary N) is 1. The molecule has 0 unspecified atom stereocenters. The molecule has 150 valence electrons. The van der Waals surface area contributed by atoms with E-state index >= 15 is 0 Å². The molecule has 1 atom stereocenters. The van der Waals surface area contributed by atoms with Crippen molar-refractivity contribution in [3.63, 3.8) is 0 Å². The van der Waals surface area contributed by atoms with Crippen LogP contribution in [-0.2, 0) is 9.59 Å². The lowest BCUT2D eigenvalue weighted by atomic mass is 10.1. The molecule has 0 spiro atoms. The monoisotopic (exact) mass is 418 g/mol. The van der Waals surface area contributed by atoms with Crippen molar-refractivity contribution < 1.29 is 9.59 Å². The fraction of sp³-hybridized carbons (Fsp3) is 0.130. The Morgan fingerprint density at radius 1 is 0.900 bits per heavy atom. The average molecular weight is 419 g/mol. The van der Waals surface area contributed by atoms with E-state index in [1.54, 1.807) is 47.4 Å². The molecule has 1 saturated heterocycles. The quantitative estimate of drug-likeness (QED) is 0.536. The number of nitrogens with zero attached hydrogens (tertiary/aromatic N) is 3. The molecule has 6 nitrogen and oxygen atoms in total. The van der Waals surface area contributed by atoms with Gasteiger partial charge < -0.3 is 10.2 Å². The van der Waals surface area contributed by atoms with E-state index in [1.807, 2.05) is 36.4 Å². The number of anilines is 2. The number of carbonyl (C=O) groups is 2. The van der Waals surface area contributed by atoms with Gasteiger partial charge in [-0.2, -0.15) is 10.2 Å². The molecule has 3 aromatic rings. The predicted molar refractivity (Wildman–Crippen MR) is 118 cm³/mol. The molecule has 7 heteroatoms. The molecule has 30 heavy (non-hydrogen) atoms. The third kappa shape index (κ3) is 4.55. The molecule has 1 aliphatic heterocycles. The predicted octanol–water partition coefficient (Wildman–Crippen LogP) is 5.75. The zero-order valence-corrected chi connectivity index (χ0v) is 16.8. The summed E-state index contributed by atoms with van der Waals surface area (Å²) in [5, 5.41) is 11.7. The number of amides is 2. The van der Waals surface area contributed by atoms with E-state index < -0.39 is 5.92 Å². The zero-order valence-electron chi connectivity index (χ0n) is 16.0. The minimum Gasteiger partial charge on any atom is -0.326 e. The molecule has 1 aliphatic rings. The number of carbonyl (C=O) groups excluding carboxylic acids is 2. The second-order valence-electron chi connectivity index (χ2n) is 6.93. The van der Waals surface area contributed by atoms with Crippen LogP contribution in [0.3, 0.4) is 0 Å². The van der Waals surface area contributed by atoms with Crippen molar-refractivity contribution in [3.05, 3.63) is 83.9 Å². The Bertz CT molecular complexity index is 1080. The van der Waals surface area contributed by atoms with Gasteiger partial charge in [0, 0.05) is 18.7 Å². The van der Waals surface area contributed by atoms with Gasteiger partial charge in [0.25, 0.3) is 0 Å². The highest BCUT2D eigenvalue weighted by molar-refractivity contribution is 6.33. The summed E-state index contributed by atoms with van der Waals surface area (Å²) in [5.74, 6) is -0.747. The molecule has 4 rings (SSSR count). The van der Waals surface area contributed by atoms with Gasteiger partial charge in [-0.25, -0.2) is 0 Å². The van der Waals surface area contributed by atoms with Gasteiger partial charge in [-0.1, -0.05) is 41.9 Å². The van der Waals surface area contributed by atoms with E-state index in [4.69, 9.17) is 11.6 Å². The second-order valence-corrected chi connectivity index (χ2v) is 7.34. The van der Waals surface area contributed by atoms with Crippen LogP contribution in [0.5, 0.6) is 0 Å². The lowest BCUT2D eigenvalue weighted by Crippen LogP contribution is -2.28. The number of hydrogen-bond donors (Lipinski definition) is 1. The molecule has 0 aliphatic carbocycles. The topological polar surface area (TPSA) is 74.1 Å². The van der Waals surface area contributed by atoms with Crippen molar-refractivity contribution >= 4 is 46.2 Å². The summed E-state index contributed by atoms with van der Waals surface area (Å²) in [6, 6.07) is 23.7.